The average molecular weight is 490 g/mol. The van der Waals surface area contributed by atoms with Crippen molar-refractivity contribution >= 4 is 11.7 Å². The molecule has 3 aromatic rings. The van der Waals surface area contributed by atoms with Crippen LogP contribution in [-0.4, -0.2) is 34.6 Å². The van der Waals surface area contributed by atoms with Gasteiger partial charge in [0, 0.05) is 18.8 Å². The third-order valence-corrected chi connectivity index (χ3v) is 4.96. The number of aliphatic carboxylic acids is 1. The van der Waals surface area contributed by atoms with Gasteiger partial charge in [0.05, 0.1) is 12.2 Å². The van der Waals surface area contributed by atoms with Crippen molar-refractivity contribution in [3.05, 3.63) is 95.1 Å². The van der Waals surface area contributed by atoms with Crippen molar-refractivity contribution in [2.45, 2.75) is 32.4 Å². The molecule has 0 aliphatic heterocycles. The predicted molar refractivity (Wildman–Crippen MR) is 126 cm³/mol. The largest absolute Gasteiger partial charge is 0.479 e. The van der Waals surface area contributed by atoms with E-state index in [4.69, 9.17) is 15.6 Å². The van der Waals surface area contributed by atoms with Crippen LogP contribution in [0.15, 0.2) is 72.8 Å². The van der Waals surface area contributed by atoms with Gasteiger partial charge in [-0.2, -0.15) is 13.2 Å². The molecule has 9 heteroatoms. The Morgan fingerprint density at radius 3 is 2.11 bits per heavy atom. The van der Waals surface area contributed by atoms with E-state index in [9.17, 15) is 22.4 Å². The Balaban J connectivity index is 0.000000247. The molecule has 0 amide bonds. The Labute approximate surface area is 200 Å². The highest BCUT2D eigenvalue weighted by Crippen LogP contribution is 2.37. The van der Waals surface area contributed by atoms with Crippen molar-refractivity contribution in [2.75, 3.05) is 6.54 Å². The fourth-order valence-electron chi connectivity index (χ4n) is 3.10. The van der Waals surface area contributed by atoms with Crippen LogP contribution in [0.1, 0.15) is 29.2 Å². The number of carboxylic acids is 1. The first-order valence-corrected chi connectivity index (χ1v) is 10.6. The molecule has 5 nitrogen and oxygen atoms in total. The van der Waals surface area contributed by atoms with Crippen LogP contribution in [0, 0.1) is 5.41 Å². The molecule has 4 N–H and O–H groups in total. The molecule has 35 heavy (non-hydrogen) atoms. The summed E-state index contributed by atoms with van der Waals surface area (Å²) >= 11 is 0. The molecule has 0 aliphatic carbocycles. The molecule has 0 fully saturated rings. The Bertz CT molecular complexity index is 1120. The molecule has 1 unspecified atom stereocenters. The molecule has 0 heterocycles. The smallest absolute Gasteiger partial charge is 0.417 e. The number of carboxylic acid groups (broad SMARTS) is 1. The summed E-state index contributed by atoms with van der Waals surface area (Å²) in [4.78, 5) is 10.2. The van der Waals surface area contributed by atoms with E-state index in [1.165, 1.54) is 12.1 Å². The van der Waals surface area contributed by atoms with Crippen molar-refractivity contribution in [3.8, 4) is 11.1 Å². The Hall–Kier alpha value is -3.56. The van der Waals surface area contributed by atoms with E-state index in [1.54, 1.807) is 37.3 Å². The third-order valence-electron chi connectivity index (χ3n) is 4.96. The summed E-state index contributed by atoms with van der Waals surface area (Å²) in [6.07, 6.45) is -6.31. The summed E-state index contributed by atoms with van der Waals surface area (Å²) in [5.41, 5.74) is 2.41. The number of hydrogen-bond acceptors (Lipinski definition) is 4. The molecular formula is C26H26F4N2O3. The van der Waals surface area contributed by atoms with Crippen LogP contribution in [0.3, 0.4) is 0 Å². The van der Waals surface area contributed by atoms with Gasteiger partial charge in [-0.3, -0.25) is 0 Å². The second-order valence-electron chi connectivity index (χ2n) is 7.66. The first kappa shape index (κ1) is 27.7. The van der Waals surface area contributed by atoms with E-state index in [1.807, 2.05) is 24.3 Å². The lowest BCUT2D eigenvalue weighted by Gasteiger charge is -2.14. The first-order chi connectivity index (χ1) is 16.5. The van der Waals surface area contributed by atoms with E-state index in [0.29, 0.717) is 17.8 Å². The monoisotopic (exact) mass is 490 g/mol. The zero-order chi connectivity index (χ0) is 26.0. The summed E-state index contributed by atoms with van der Waals surface area (Å²) in [5.74, 6) is -1.45. The van der Waals surface area contributed by atoms with Crippen LogP contribution in [0.4, 0.5) is 17.6 Å². The zero-order valence-electron chi connectivity index (χ0n) is 18.9. The SMILES string of the molecule is CC(=N)c1ccc(CNCC(F)C(=O)O)cc1.OCc1ccc(-c2ccccc2)c(C(F)(F)F)c1. The van der Waals surface area contributed by atoms with Crippen molar-refractivity contribution in [1.29, 1.82) is 5.41 Å². The highest BCUT2D eigenvalue weighted by molar-refractivity contribution is 5.96. The quantitative estimate of drug-likeness (QED) is 0.250. The maximum absolute atomic E-state index is 13.0. The van der Waals surface area contributed by atoms with Crippen LogP contribution < -0.4 is 5.32 Å². The van der Waals surface area contributed by atoms with Gasteiger partial charge in [-0.05, 0) is 40.8 Å². The number of hydrogen-bond donors (Lipinski definition) is 4. The summed E-state index contributed by atoms with van der Waals surface area (Å²) in [6, 6.07) is 19.5. The van der Waals surface area contributed by atoms with Crippen molar-refractivity contribution in [2.24, 2.45) is 0 Å². The summed E-state index contributed by atoms with van der Waals surface area (Å²) in [5, 5.41) is 27.4. The summed E-state index contributed by atoms with van der Waals surface area (Å²) in [7, 11) is 0. The summed E-state index contributed by atoms with van der Waals surface area (Å²) < 4.78 is 51.6. The number of aliphatic hydroxyl groups is 1. The molecule has 0 aliphatic rings. The fourth-order valence-corrected chi connectivity index (χ4v) is 3.10. The fraction of sp³-hybridized carbons (Fsp3) is 0.231. The van der Waals surface area contributed by atoms with Gasteiger partial charge in [-0.1, -0.05) is 66.7 Å². The van der Waals surface area contributed by atoms with Crippen LogP contribution in [-0.2, 0) is 24.1 Å². The van der Waals surface area contributed by atoms with Crippen molar-refractivity contribution in [3.63, 3.8) is 0 Å². The zero-order valence-corrected chi connectivity index (χ0v) is 18.9. The summed E-state index contributed by atoms with van der Waals surface area (Å²) in [6.45, 7) is 1.50. The number of rotatable bonds is 8. The second kappa shape index (κ2) is 12.8. The minimum absolute atomic E-state index is 0.125. The Kier molecular flexibility index (Phi) is 10.1. The number of aliphatic hydroxyl groups excluding tert-OH is 1. The molecule has 0 aromatic heterocycles. The van der Waals surface area contributed by atoms with E-state index in [-0.39, 0.29) is 17.7 Å². The van der Waals surface area contributed by atoms with Gasteiger partial charge in [0.25, 0.3) is 0 Å². The van der Waals surface area contributed by atoms with Gasteiger partial charge in [-0.15, -0.1) is 0 Å². The highest BCUT2D eigenvalue weighted by Gasteiger charge is 2.33. The maximum atomic E-state index is 13.0. The Morgan fingerprint density at radius 2 is 1.60 bits per heavy atom. The minimum atomic E-state index is -4.43. The normalized spacial score (nSPS) is 11.8. The average Bonchev–Trinajstić information content (AvgIpc) is 2.84. The molecule has 186 valence electrons. The first-order valence-electron chi connectivity index (χ1n) is 10.6. The lowest BCUT2D eigenvalue weighted by Crippen LogP contribution is -2.29. The standard InChI is InChI=1S/C14H11F3O.C12H15FN2O2/c15-14(16,17)13-8-10(9-18)6-7-12(13)11-4-2-1-3-5-11;1-8(14)10-4-2-9(3-5-10)6-15-7-11(13)12(16)17/h1-8,18H,9H2;2-5,11,14-15H,6-7H2,1H3,(H,16,17). The van der Waals surface area contributed by atoms with Crippen LogP contribution in [0.5, 0.6) is 0 Å². The van der Waals surface area contributed by atoms with Crippen molar-refractivity contribution < 1.29 is 32.6 Å². The second-order valence-corrected chi connectivity index (χ2v) is 7.66. The molecule has 0 spiro atoms. The van der Waals surface area contributed by atoms with E-state index >= 15 is 0 Å². The predicted octanol–water partition coefficient (Wildman–Crippen LogP) is 5.45. The number of nitrogens with one attached hydrogen (secondary N) is 2. The van der Waals surface area contributed by atoms with Crippen molar-refractivity contribution in [1.82, 2.24) is 5.32 Å². The van der Waals surface area contributed by atoms with Gasteiger partial charge in [-0.25, -0.2) is 9.18 Å². The minimum Gasteiger partial charge on any atom is -0.479 e. The molecule has 1 atom stereocenters. The Morgan fingerprint density at radius 1 is 1.00 bits per heavy atom. The van der Waals surface area contributed by atoms with E-state index in [2.05, 4.69) is 5.32 Å². The molecule has 3 rings (SSSR count). The maximum Gasteiger partial charge on any atom is 0.417 e. The number of halogens is 4. The van der Waals surface area contributed by atoms with Gasteiger partial charge in [0.2, 0.25) is 6.17 Å². The number of benzene rings is 3. The molecular weight excluding hydrogens is 464 g/mol. The van der Waals surface area contributed by atoms with Gasteiger partial charge in [0.1, 0.15) is 0 Å². The molecule has 0 saturated carbocycles. The highest BCUT2D eigenvalue weighted by atomic mass is 19.4. The van der Waals surface area contributed by atoms with Gasteiger partial charge in [0.15, 0.2) is 0 Å². The number of alkyl halides is 4. The van der Waals surface area contributed by atoms with Crippen LogP contribution in [0.2, 0.25) is 0 Å². The van der Waals surface area contributed by atoms with Crippen LogP contribution in [0.25, 0.3) is 11.1 Å². The number of carbonyl (C=O) groups is 1. The molecule has 0 saturated heterocycles. The molecule has 0 radical (unpaired) electrons. The van der Waals surface area contributed by atoms with Crippen LogP contribution >= 0.6 is 0 Å². The van der Waals surface area contributed by atoms with E-state index < -0.39 is 30.5 Å². The lowest BCUT2D eigenvalue weighted by atomic mass is 9.97. The topological polar surface area (TPSA) is 93.4 Å². The van der Waals surface area contributed by atoms with E-state index in [0.717, 1.165) is 17.2 Å². The third kappa shape index (κ3) is 8.62. The molecule has 3 aromatic carbocycles. The van der Waals surface area contributed by atoms with Gasteiger partial charge < -0.3 is 20.9 Å². The lowest BCUT2D eigenvalue weighted by molar-refractivity contribution is -0.142. The van der Waals surface area contributed by atoms with Gasteiger partial charge >= 0.3 is 12.1 Å². The molecule has 0 bridgehead atoms.